The molecule has 1 heterocycles. The highest BCUT2D eigenvalue weighted by atomic mass is 15.4. The average Bonchev–Trinajstić information content (AvgIpc) is 2.47. The topological polar surface area (TPSA) is 75.7 Å². The van der Waals surface area contributed by atoms with E-state index in [1.807, 2.05) is 55.5 Å². The number of benzene rings is 1. The molecule has 0 amide bonds. The summed E-state index contributed by atoms with van der Waals surface area (Å²) in [7, 11) is 0. The zero-order chi connectivity index (χ0) is 13.5. The van der Waals surface area contributed by atoms with Gasteiger partial charge < -0.3 is 5.73 Å². The van der Waals surface area contributed by atoms with Gasteiger partial charge in [0.15, 0.2) is 0 Å². The molecule has 2 rings (SSSR count). The molecule has 0 bridgehead atoms. The second-order valence-corrected chi connectivity index (χ2v) is 3.86. The van der Waals surface area contributed by atoms with E-state index in [0.717, 1.165) is 17.1 Å². The Labute approximate surface area is 111 Å². The Morgan fingerprint density at radius 1 is 1.11 bits per heavy atom. The molecule has 19 heavy (non-hydrogen) atoms. The monoisotopic (exact) mass is 253 g/mol. The number of nitrogens with two attached hydrogens (primary N) is 1. The van der Waals surface area contributed by atoms with Crippen molar-refractivity contribution in [1.29, 1.82) is 0 Å². The fourth-order valence-corrected chi connectivity index (χ4v) is 1.44. The summed E-state index contributed by atoms with van der Waals surface area (Å²) in [6, 6.07) is 15.1. The lowest BCUT2D eigenvalue weighted by Crippen LogP contribution is -2.27. The van der Waals surface area contributed by atoms with Crippen LogP contribution < -0.4 is 11.2 Å². The lowest BCUT2D eigenvalue weighted by molar-refractivity contribution is 0.999. The Bertz CT molecular complexity index is 575. The molecular formula is C14H15N5. The van der Waals surface area contributed by atoms with E-state index in [1.54, 1.807) is 6.20 Å². The Morgan fingerprint density at radius 3 is 2.53 bits per heavy atom. The summed E-state index contributed by atoms with van der Waals surface area (Å²) in [6.07, 6.45) is 1.72. The van der Waals surface area contributed by atoms with E-state index in [4.69, 9.17) is 5.73 Å². The van der Waals surface area contributed by atoms with Gasteiger partial charge in [0.05, 0.1) is 17.1 Å². The van der Waals surface area contributed by atoms with Crippen molar-refractivity contribution in [3.8, 4) is 0 Å². The second-order valence-electron chi connectivity index (χ2n) is 3.86. The highest BCUT2D eigenvalue weighted by Gasteiger charge is 1.97. The van der Waals surface area contributed by atoms with E-state index in [-0.39, 0.29) is 5.96 Å². The van der Waals surface area contributed by atoms with Crippen LogP contribution in [0.4, 0.5) is 5.69 Å². The molecule has 0 aliphatic rings. The van der Waals surface area contributed by atoms with E-state index < -0.39 is 0 Å². The molecule has 0 spiro atoms. The fraction of sp³-hybridized carbons (Fsp3) is 0.0714. The molecule has 1 aromatic heterocycles. The molecule has 0 atom stereocenters. The maximum atomic E-state index is 5.74. The number of hydrogen-bond acceptors (Lipinski definition) is 3. The largest absolute Gasteiger partial charge is 0.368 e. The Morgan fingerprint density at radius 2 is 1.84 bits per heavy atom. The summed E-state index contributed by atoms with van der Waals surface area (Å²) in [6.45, 7) is 1.85. The lowest BCUT2D eigenvalue weighted by Gasteiger charge is -2.02. The first-order valence-electron chi connectivity index (χ1n) is 5.86. The number of aliphatic imine (C=N–C) groups is 1. The summed E-state index contributed by atoms with van der Waals surface area (Å²) < 4.78 is 0. The number of nitrogens with zero attached hydrogens (tertiary/aromatic N) is 3. The molecule has 1 aromatic carbocycles. The van der Waals surface area contributed by atoms with Crippen LogP contribution in [0, 0.1) is 0 Å². The van der Waals surface area contributed by atoms with Crippen LogP contribution in [0.5, 0.6) is 0 Å². The van der Waals surface area contributed by atoms with Crippen LogP contribution in [0.15, 0.2) is 64.8 Å². The van der Waals surface area contributed by atoms with Gasteiger partial charge in [0.2, 0.25) is 5.96 Å². The third-order valence-electron chi connectivity index (χ3n) is 2.38. The van der Waals surface area contributed by atoms with Crippen molar-refractivity contribution in [2.45, 2.75) is 6.92 Å². The summed E-state index contributed by atoms with van der Waals surface area (Å²) in [5.74, 6) is 0.237. The smallest absolute Gasteiger partial charge is 0.214 e. The molecule has 96 valence electrons. The number of aromatic nitrogens is 1. The van der Waals surface area contributed by atoms with Crippen LogP contribution in [-0.2, 0) is 0 Å². The number of pyridine rings is 1. The van der Waals surface area contributed by atoms with Gasteiger partial charge in [0.1, 0.15) is 0 Å². The number of rotatable bonds is 3. The molecule has 0 radical (unpaired) electrons. The van der Waals surface area contributed by atoms with Crippen molar-refractivity contribution in [2.75, 3.05) is 0 Å². The quantitative estimate of drug-likeness (QED) is 0.499. The predicted molar refractivity (Wildman–Crippen MR) is 77.3 cm³/mol. The van der Waals surface area contributed by atoms with Gasteiger partial charge in [-0.1, -0.05) is 24.3 Å². The minimum absolute atomic E-state index is 0.237. The molecule has 3 N–H and O–H groups in total. The maximum Gasteiger partial charge on any atom is 0.214 e. The van der Waals surface area contributed by atoms with Gasteiger partial charge in [-0.3, -0.25) is 4.98 Å². The molecule has 0 saturated heterocycles. The summed E-state index contributed by atoms with van der Waals surface area (Å²) in [4.78, 5) is 8.37. The minimum atomic E-state index is 0.237. The number of hydrogen-bond donors (Lipinski definition) is 2. The Balaban J connectivity index is 2.04. The zero-order valence-corrected chi connectivity index (χ0v) is 10.6. The van der Waals surface area contributed by atoms with Gasteiger partial charge in [0.25, 0.3) is 0 Å². The lowest BCUT2D eigenvalue weighted by atomic mass is 10.3. The van der Waals surface area contributed by atoms with Crippen molar-refractivity contribution in [3.63, 3.8) is 0 Å². The van der Waals surface area contributed by atoms with Crippen LogP contribution in [0.3, 0.4) is 0 Å². The number of para-hydroxylation sites is 1. The molecule has 2 aromatic rings. The van der Waals surface area contributed by atoms with Gasteiger partial charge in [-0.2, -0.15) is 5.10 Å². The molecule has 5 heteroatoms. The van der Waals surface area contributed by atoms with Crippen LogP contribution in [-0.4, -0.2) is 16.7 Å². The predicted octanol–water partition coefficient (Wildman–Crippen LogP) is 2.04. The van der Waals surface area contributed by atoms with Crippen LogP contribution in [0.1, 0.15) is 12.6 Å². The van der Waals surface area contributed by atoms with Gasteiger partial charge in [0, 0.05) is 6.20 Å². The van der Waals surface area contributed by atoms with E-state index in [0.29, 0.717) is 0 Å². The van der Waals surface area contributed by atoms with Gasteiger partial charge in [-0.15, -0.1) is 0 Å². The van der Waals surface area contributed by atoms with E-state index >= 15 is 0 Å². The van der Waals surface area contributed by atoms with Crippen LogP contribution in [0.25, 0.3) is 0 Å². The third kappa shape index (κ3) is 3.92. The SMILES string of the molecule is CC(=NNC(N)=Nc1ccccc1)c1ccccn1. The average molecular weight is 253 g/mol. The number of hydrazone groups is 1. The molecule has 5 nitrogen and oxygen atoms in total. The first kappa shape index (κ1) is 12.8. The molecule has 0 aliphatic carbocycles. The van der Waals surface area contributed by atoms with Crippen molar-refractivity contribution >= 4 is 17.4 Å². The molecular weight excluding hydrogens is 238 g/mol. The van der Waals surface area contributed by atoms with Crippen molar-refractivity contribution < 1.29 is 0 Å². The third-order valence-corrected chi connectivity index (χ3v) is 2.38. The summed E-state index contributed by atoms with van der Waals surface area (Å²) in [5, 5.41) is 4.14. The Hall–Kier alpha value is -2.69. The van der Waals surface area contributed by atoms with E-state index in [9.17, 15) is 0 Å². The Kier molecular flexibility index (Phi) is 4.23. The minimum Gasteiger partial charge on any atom is -0.368 e. The van der Waals surface area contributed by atoms with Gasteiger partial charge in [-0.25, -0.2) is 10.4 Å². The van der Waals surface area contributed by atoms with Gasteiger partial charge >= 0.3 is 0 Å². The summed E-state index contributed by atoms with van der Waals surface area (Å²) >= 11 is 0. The zero-order valence-electron chi connectivity index (χ0n) is 10.6. The van der Waals surface area contributed by atoms with Crippen molar-refractivity contribution in [2.24, 2.45) is 15.8 Å². The molecule has 0 aliphatic heterocycles. The molecule has 0 saturated carbocycles. The van der Waals surface area contributed by atoms with Crippen molar-refractivity contribution in [1.82, 2.24) is 10.4 Å². The second kappa shape index (κ2) is 6.30. The van der Waals surface area contributed by atoms with Crippen LogP contribution >= 0.6 is 0 Å². The maximum absolute atomic E-state index is 5.74. The number of nitrogens with one attached hydrogen (secondary N) is 1. The normalized spacial score (nSPS) is 12.3. The van der Waals surface area contributed by atoms with Gasteiger partial charge in [-0.05, 0) is 31.2 Å². The number of guanidine groups is 1. The van der Waals surface area contributed by atoms with E-state index in [1.165, 1.54) is 0 Å². The first-order chi connectivity index (χ1) is 9.25. The highest BCUT2D eigenvalue weighted by Crippen LogP contribution is 2.08. The van der Waals surface area contributed by atoms with Crippen LogP contribution in [0.2, 0.25) is 0 Å². The molecule has 0 fully saturated rings. The summed E-state index contributed by atoms with van der Waals surface area (Å²) in [5.41, 5.74) is 10.8. The standard InChI is InChI=1S/C14H15N5/c1-11(13-9-5-6-10-16-13)18-19-14(15)17-12-7-3-2-4-8-12/h2-10H,1H3,(H3,15,17,19). The first-order valence-corrected chi connectivity index (χ1v) is 5.86. The van der Waals surface area contributed by atoms with E-state index in [2.05, 4.69) is 20.5 Å². The highest BCUT2D eigenvalue weighted by molar-refractivity contribution is 5.97. The fourth-order valence-electron chi connectivity index (χ4n) is 1.44. The van der Waals surface area contributed by atoms with Crippen molar-refractivity contribution in [3.05, 3.63) is 60.4 Å². The molecule has 0 unspecified atom stereocenters.